The number of fused-ring (bicyclic) bond motifs is 1. The Morgan fingerprint density at radius 1 is 1.40 bits per heavy atom. The molecule has 1 unspecified atom stereocenters. The molecule has 1 aromatic rings. The Balaban J connectivity index is 1.87. The van der Waals surface area contributed by atoms with Gasteiger partial charge in [0.1, 0.15) is 11.9 Å². The molecule has 0 spiro atoms. The number of aromatic nitrogens is 1. The summed E-state index contributed by atoms with van der Waals surface area (Å²) in [6, 6.07) is 4.36. The second-order valence-electron chi connectivity index (χ2n) is 5.90. The summed E-state index contributed by atoms with van der Waals surface area (Å²) in [6.45, 7) is 2.14. The maximum Gasteiger partial charge on any atom is 0.146 e. The molecular formula is C16H21N3O. The molecule has 3 rings (SSSR count). The highest BCUT2D eigenvalue weighted by atomic mass is 16.3. The fourth-order valence-electron chi connectivity index (χ4n) is 3.46. The van der Waals surface area contributed by atoms with Gasteiger partial charge in [-0.25, -0.2) is 4.98 Å². The first-order chi connectivity index (χ1) is 9.81. The topological polar surface area (TPSA) is 60.2 Å². The minimum absolute atomic E-state index is 0.251. The van der Waals surface area contributed by atoms with Gasteiger partial charge < -0.3 is 10.0 Å². The van der Waals surface area contributed by atoms with Crippen LogP contribution in [0, 0.1) is 17.2 Å². The van der Waals surface area contributed by atoms with Gasteiger partial charge in [-0.05, 0) is 56.1 Å². The summed E-state index contributed by atoms with van der Waals surface area (Å²) >= 11 is 0. The quantitative estimate of drug-likeness (QED) is 0.914. The molecule has 1 atom stereocenters. The number of hydrogen-bond acceptors (Lipinski definition) is 4. The Morgan fingerprint density at radius 3 is 3.10 bits per heavy atom. The maximum absolute atomic E-state index is 9.39. The number of hydrogen-bond donors (Lipinski definition) is 1. The van der Waals surface area contributed by atoms with Crippen LogP contribution in [0.5, 0.6) is 0 Å². The fourth-order valence-corrected chi connectivity index (χ4v) is 3.46. The van der Waals surface area contributed by atoms with Crippen molar-refractivity contribution in [3.05, 3.63) is 22.9 Å². The van der Waals surface area contributed by atoms with Crippen molar-refractivity contribution in [3.8, 4) is 6.07 Å². The molecule has 1 aliphatic carbocycles. The van der Waals surface area contributed by atoms with Crippen LogP contribution in [0.2, 0.25) is 0 Å². The maximum atomic E-state index is 9.39. The molecule has 1 fully saturated rings. The van der Waals surface area contributed by atoms with E-state index < -0.39 is 0 Å². The second kappa shape index (κ2) is 5.80. The molecule has 4 heteroatoms. The van der Waals surface area contributed by atoms with Gasteiger partial charge in [0.25, 0.3) is 0 Å². The average molecular weight is 271 g/mol. The highest BCUT2D eigenvalue weighted by Crippen LogP contribution is 2.30. The van der Waals surface area contributed by atoms with E-state index in [4.69, 9.17) is 10.1 Å². The van der Waals surface area contributed by atoms with Gasteiger partial charge in [0.2, 0.25) is 0 Å². The van der Waals surface area contributed by atoms with Crippen LogP contribution in [0.1, 0.15) is 42.5 Å². The Morgan fingerprint density at radius 2 is 2.30 bits per heavy atom. The predicted molar refractivity (Wildman–Crippen MR) is 77.6 cm³/mol. The summed E-state index contributed by atoms with van der Waals surface area (Å²) in [5.74, 6) is 1.39. The van der Waals surface area contributed by atoms with Crippen LogP contribution >= 0.6 is 0 Å². The predicted octanol–water partition coefficient (Wildman–Crippen LogP) is 2.04. The van der Waals surface area contributed by atoms with Crippen LogP contribution in [0.25, 0.3) is 0 Å². The summed E-state index contributed by atoms with van der Waals surface area (Å²) in [7, 11) is 0. The molecule has 20 heavy (non-hydrogen) atoms. The summed E-state index contributed by atoms with van der Waals surface area (Å²) in [5, 5.41) is 18.5. The first-order valence-electron chi connectivity index (χ1n) is 7.60. The lowest BCUT2D eigenvalue weighted by Gasteiger charge is -2.34. The molecule has 1 N–H and O–H groups in total. The van der Waals surface area contributed by atoms with Crippen molar-refractivity contribution in [2.24, 2.45) is 5.92 Å². The average Bonchev–Trinajstić information content (AvgIpc) is 2.93. The van der Waals surface area contributed by atoms with Crippen molar-refractivity contribution in [2.75, 3.05) is 24.6 Å². The van der Waals surface area contributed by atoms with Gasteiger partial charge in [-0.2, -0.15) is 5.26 Å². The smallest absolute Gasteiger partial charge is 0.146 e. The van der Waals surface area contributed by atoms with Crippen LogP contribution in [-0.2, 0) is 12.8 Å². The van der Waals surface area contributed by atoms with Gasteiger partial charge in [-0.15, -0.1) is 0 Å². The summed E-state index contributed by atoms with van der Waals surface area (Å²) < 4.78 is 0. The number of nitriles is 1. The van der Waals surface area contributed by atoms with E-state index in [-0.39, 0.29) is 6.61 Å². The number of pyridine rings is 1. The molecule has 106 valence electrons. The Kier molecular flexibility index (Phi) is 3.88. The van der Waals surface area contributed by atoms with Crippen molar-refractivity contribution in [3.63, 3.8) is 0 Å². The third kappa shape index (κ3) is 2.51. The lowest BCUT2D eigenvalue weighted by Crippen LogP contribution is -2.37. The third-order valence-electron chi connectivity index (χ3n) is 4.51. The highest BCUT2D eigenvalue weighted by molar-refractivity contribution is 5.57. The zero-order valence-electron chi connectivity index (χ0n) is 11.8. The third-order valence-corrected chi connectivity index (χ3v) is 4.51. The number of aliphatic hydroxyl groups excluding tert-OH is 1. The van der Waals surface area contributed by atoms with Crippen molar-refractivity contribution < 1.29 is 5.11 Å². The van der Waals surface area contributed by atoms with Crippen molar-refractivity contribution in [2.45, 2.75) is 38.5 Å². The SMILES string of the molecule is N#Cc1cc2c(nc1N1CCCC(CCO)C1)CCC2. The minimum atomic E-state index is 0.251. The number of anilines is 1. The van der Waals surface area contributed by atoms with Gasteiger partial charge >= 0.3 is 0 Å². The van der Waals surface area contributed by atoms with E-state index in [2.05, 4.69) is 11.0 Å². The standard InChI is InChI=1S/C16H21N3O/c17-10-14-9-13-4-1-5-15(13)18-16(14)19-7-2-3-12(11-19)6-8-20/h9,12,20H,1-8,11H2. The molecule has 0 amide bonds. The van der Waals surface area contributed by atoms with Gasteiger partial charge in [-0.1, -0.05) is 0 Å². The van der Waals surface area contributed by atoms with E-state index in [0.29, 0.717) is 5.92 Å². The monoisotopic (exact) mass is 271 g/mol. The number of rotatable bonds is 3. The number of nitrogens with zero attached hydrogens (tertiary/aromatic N) is 3. The van der Waals surface area contributed by atoms with E-state index >= 15 is 0 Å². The number of aliphatic hydroxyl groups is 1. The minimum Gasteiger partial charge on any atom is -0.396 e. The van der Waals surface area contributed by atoms with Gasteiger partial charge in [-0.3, -0.25) is 0 Å². The molecule has 2 heterocycles. The van der Waals surface area contributed by atoms with E-state index in [1.807, 2.05) is 6.07 Å². The first-order valence-corrected chi connectivity index (χ1v) is 7.60. The number of aryl methyl sites for hydroxylation is 2. The van der Waals surface area contributed by atoms with E-state index in [1.54, 1.807) is 0 Å². The summed E-state index contributed by atoms with van der Waals surface area (Å²) in [6.07, 6.45) is 6.40. The van der Waals surface area contributed by atoms with Crippen LogP contribution in [0.4, 0.5) is 5.82 Å². The molecule has 2 aliphatic rings. The van der Waals surface area contributed by atoms with Gasteiger partial charge in [0.05, 0.1) is 5.56 Å². The van der Waals surface area contributed by atoms with Crippen LogP contribution < -0.4 is 4.90 Å². The Bertz CT molecular complexity index is 533. The lowest BCUT2D eigenvalue weighted by molar-refractivity contribution is 0.244. The van der Waals surface area contributed by atoms with E-state index in [0.717, 1.165) is 56.6 Å². The molecule has 1 saturated heterocycles. The van der Waals surface area contributed by atoms with Gasteiger partial charge in [0.15, 0.2) is 0 Å². The Hall–Kier alpha value is -1.60. The fraction of sp³-hybridized carbons (Fsp3) is 0.625. The molecule has 0 saturated carbocycles. The summed E-state index contributed by atoms with van der Waals surface area (Å²) in [5.41, 5.74) is 3.16. The second-order valence-corrected chi connectivity index (χ2v) is 5.90. The van der Waals surface area contributed by atoms with Crippen LogP contribution in [-0.4, -0.2) is 29.8 Å². The number of piperidine rings is 1. The molecular weight excluding hydrogens is 250 g/mol. The molecule has 1 aliphatic heterocycles. The zero-order valence-corrected chi connectivity index (χ0v) is 11.8. The van der Waals surface area contributed by atoms with Crippen molar-refractivity contribution >= 4 is 5.82 Å². The normalized spacial score (nSPS) is 21.6. The van der Waals surface area contributed by atoms with Crippen LogP contribution in [0.15, 0.2) is 6.07 Å². The molecule has 0 bridgehead atoms. The van der Waals surface area contributed by atoms with E-state index in [1.165, 1.54) is 17.7 Å². The molecule has 4 nitrogen and oxygen atoms in total. The molecule has 0 aromatic carbocycles. The van der Waals surface area contributed by atoms with Crippen LogP contribution in [0.3, 0.4) is 0 Å². The summed E-state index contributed by atoms with van der Waals surface area (Å²) in [4.78, 5) is 7.03. The zero-order chi connectivity index (χ0) is 13.9. The Labute approximate surface area is 120 Å². The lowest BCUT2D eigenvalue weighted by atomic mass is 9.95. The molecule has 0 radical (unpaired) electrons. The van der Waals surface area contributed by atoms with Crippen molar-refractivity contribution in [1.82, 2.24) is 4.98 Å². The van der Waals surface area contributed by atoms with Crippen molar-refractivity contribution in [1.29, 1.82) is 5.26 Å². The largest absolute Gasteiger partial charge is 0.396 e. The molecule has 1 aromatic heterocycles. The van der Waals surface area contributed by atoms with Gasteiger partial charge in [0, 0.05) is 25.4 Å². The highest BCUT2D eigenvalue weighted by Gasteiger charge is 2.24. The first kappa shape index (κ1) is 13.4. The van der Waals surface area contributed by atoms with E-state index in [9.17, 15) is 5.26 Å².